The van der Waals surface area contributed by atoms with Crippen molar-refractivity contribution >= 4 is 72.8 Å². The Morgan fingerprint density at radius 1 is 1.05 bits per heavy atom. The summed E-state index contributed by atoms with van der Waals surface area (Å²) in [5.74, 6) is -0.630. The summed E-state index contributed by atoms with van der Waals surface area (Å²) in [7, 11) is 0. The van der Waals surface area contributed by atoms with Gasteiger partial charge in [-0.2, -0.15) is 0 Å². The van der Waals surface area contributed by atoms with Crippen molar-refractivity contribution < 1.29 is 19.7 Å². The fourth-order valence-corrected chi connectivity index (χ4v) is 5.56. The Bertz CT molecular complexity index is 1700. The van der Waals surface area contributed by atoms with Crippen molar-refractivity contribution in [3.63, 3.8) is 0 Å². The monoisotopic (exact) mass is 607 g/mol. The first kappa shape index (κ1) is 26.1. The van der Waals surface area contributed by atoms with Crippen LogP contribution in [0.1, 0.15) is 11.1 Å². The zero-order chi connectivity index (χ0) is 27.7. The second-order valence-corrected chi connectivity index (χ2v) is 10.3. The molecule has 1 amide bonds. The van der Waals surface area contributed by atoms with E-state index >= 15 is 0 Å². The summed E-state index contributed by atoms with van der Waals surface area (Å²) in [6, 6.07) is 15.8. The summed E-state index contributed by atoms with van der Waals surface area (Å²) in [5.41, 5.74) is 2.16. The van der Waals surface area contributed by atoms with Gasteiger partial charge < -0.3 is 10.1 Å². The van der Waals surface area contributed by atoms with Gasteiger partial charge in [0.25, 0.3) is 17.3 Å². The number of phenolic OH excluding ortho intramolecular Hbond substituents is 1. The smallest absolute Gasteiger partial charge is 0.271 e. The fourth-order valence-electron chi connectivity index (χ4n) is 4.08. The number of carbonyl (C=O) groups is 1. The van der Waals surface area contributed by atoms with Gasteiger partial charge in [0.1, 0.15) is 5.75 Å². The number of aromatic nitrogens is 1. The maximum absolute atomic E-state index is 13.5. The molecule has 11 nitrogen and oxygen atoms in total. The Hall–Kier alpha value is -4.49. The van der Waals surface area contributed by atoms with Crippen molar-refractivity contribution in [1.29, 1.82) is 0 Å². The predicted octanol–water partition coefficient (Wildman–Crippen LogP) is 6.30. The van der Waals surface area contributed by atoms with Gasteiger partial charge in [-0.15, -0.1) is 0 Å². The molecule has 196 valence electrons. The van der Waals surface area contributed by atoms with Gasteiger partial charge in [0, 0.05) is 53.5 Å². The number of para-hydroxylation sites is 1. The molecule has 1 aliphatic heterocycles. The highest BCUT2D eigenvalue weighted by Crippen LogP contribution is 2.39. The van der Waals surface area contributed by atoms with E-state index in [1.54, 1.807) is 0 Å². The summed E-state index contributed by atoms with van der Waals surface area (Å²) in [6.45, 7) is 0.279. The highest BCUT2D eigenvalue weighted by atomic mass is 79.9. The van der Waals surface area contributed by atoms with Crippen molar-refractivity contribution in [2.24, 2.45) is 4.99 Å². The molecule has 1 fully saturated rings. The molecule has 1 saturated heterocycles. The van der Waals surface area contributed by atoms with E-state index in [-0.39, 0.29) is 44.5 Å². The Morgan fingerprint density at radius 3 is 2.49 bits per heavy atom. The van der Waals surface area contributed by atoms with Gasteiger partial charge in [0.05, 0.1) is 24.9 Å². The molecule has 0 saturated carbocycles. The number of thioether (sulfide) groups is 1. The highest BCUT2D eigenvalue weighted by Gasteiger charge is 2.34. The third kappa shape index (κ3) is 5.40. The molecule has 0 spiro atoms. The minimum atomic E-state index is -0.592. The number of carbonyl (C=O) groups excluding carboxylic acids is 1. The first-order chi connectivity index (χ1) is 18.7. The summed E-state index contributed by atoms with van der Waals surface area (Å²) in [4.78, 5) is 44.2. The number of H-pyrrole nitrogens is 1. The highest BCUT2D eigenvalue weighted by molar-refractivity contribution is 9.10. The van der Waals surface area contributed by atoms with Gasteiger partial charge in [-0.05, 0) is 64.0 Å². The average molecular weight is 608 g/mol. The number of benzene rings is 3. The Labute approximate surface area is 233 Å². The number of phenols is 1. The van der Waals surface area contributed by atoms with E-state index in [0.717, 1.165) is 28.2 Å². The van der Waals surface area contributed by atoms with Gasteiger partial charge in [0.15, 0.2) is 5.17 Å². The number of aliphatic imine (C=N–C) groups is 1. The number of nitrogens with zero attached hydrogens (tertiary/aromatic N) is 4. The molecule has 0 bridgehead atoms. The molecule has 0 atom stereocenters. The lowest BCUT2D eigenvalue weighted by atomic mass is 10.1. The summed E-state index contributed by atoms with van der Waals surface area (Å²) < 4.78 is 0.120. The third-order valence-corrected chi connectivity index (χ3v) is 7.64. The topological polar surface area (TPSA) is 155 Å². The number of nitrogens with one attached hydrogen (secondary N) is 1. The maximum atomic E-state index is 13.5. The summed E-state index contributed by atoms with van der Waals surface area (Å²) in [5, 5.41) is 34.2. The van der Waals surface area contributed by atoms with E-state index in [0.29, 0.717) is 17.3 Å². The van der Waals surface area contributed by atoms with Crippen molar-refractivity contribution in [1.82, 2.24) is 9.88 Å². The van der Waals surface area contributed by atoms with Crippen LogP contribution in [0.4, 0.5) is 17.1 Å². The molecule has 3 aromatic carbocycles. The van der Waals surface area contributed by atoms with Crippen LogP contribution in [0.2, 0.25) is 0 Å². The van der Waals surface area contributed by atoms with E-state index in [2.05, 4.69) is 25.9 Å². The number of fused-ring (bicyclic) bond motifs is 1. The number of non-ortho nitro benzene ring substituents is 2. The standard InChI is InChI=1S/C26H18BrN5O6S/c27-21-13-19(32(37)38)11-16(24(21)33)12-23-25(34)30(10-9-15-14-28-22-4-2-1-3-20(15)22)26(39-23)29-17-5-7-18(8-6-17)31(35)36/h1-8,11-14,28,33H,9-10H2/b23-12-,29-26?. The maximum Gasteiger partial charge on any atom is 0.271 e. The molecule has 39 heavy (non-hydrogen) atoms. The van der Waals surface area contributed by atoms with Crippen LogP contribution in [0.5, 0.6) is 5.75 Å². The second-order valence-electron chi connectivity index (χ2n) is 8.47. The zero-order valence-corrected chi connectivity index (χ0v) is 22.3. The number of aromatic hydroxyl groups is 1. The Kier molecular flexibility index (Phi) is 7.17. The molecular weight excluding hydrogens is 590 g/mol. The summed E-state index contributed by atoms with van der Waals surface area (Å²) in [6.07, 6.45) is 3.79. The molecule has 5 rings (SSSR count). The average Bonchev–Trinajstić information content (AvgIpc) is 3.45. The van der Waals surface area contributed by atoms with Gasteiger partial charge in [-0.1, -0.05) is 18.2 Å². The molecule has 1 aromatic heterocycles. The minimum absolute atomic E-state index is 0.0856. The number of amidine groups is 1. The van der Waals surface area contributed by atoms with E-state index in [1.165, 1.54) is 47.4 Å². The Morgan fingerprint density at radius 2 is 1.77 bits per heavy atom. The van der Waals surface area contributed by atoms with Gasteiger partial charge in [-0.25, -0.2) is 4.99 Å². The van der Waals surface area contributed by atoms with Gasteiger partial charge >= 0.3 is 0 Å². The van der Waals surface area contributed by atoms with Crippen LogP contribution in [0.15, 0.2) is 81.2 Å². The number of amides is 1. The number of nitro groups is 2. The zero-order valence-electron chi connectivity index (χ0n) is 19.9. The third-order valence-electron chi connectivity index (χ3n) is 6.03. The number of aromatic amines is 1. The van der Waals surface area contributed by atoms with Gasteiger partial charge in [0.2, 0.25) is 0 Å². The van der Waals surface area contributed by atoms with Crippen molar-refractivity contribution in [3.05, 3.63) is 108 Å². The lowest BCUT2D eigenvalue weighted by Crippen LogP contribution is -2.31. The molecule has 0 radical (unpaired) electrons. The SMILES string of the molecule is O=C1/C(=C/c2cc([N+](=O)[O-])cc(Br)c2O)SC(=Nc2ccc([N+](=O)[O-])cc2)N1CCc1c[nH]c2ccccc12. The van der Waals surface area contributed by atoms with Crippen LogP contribution >= 0.6 is 27.7 Å². The van der Waals surface area contributed by atoms with Crippen LogP contribution in [0.25, 0.3) is 17.0 Å². The van der Waals surface area contributed by atoms with E-state index in [1.807, 2.05) is 30.5 Å². The molecule has 2 N–H and O–H groups in total. The van der Waals surface area contributed by atoms with Crippen LogP contribution in [-0.4, -0.2) is 42.5 Å². The molecule has 2 heterocycles. The van der Waals surface area contributed by atoms with E-state index < -0.39 is 9.85 Å². The van der Waals surface area contributed by atoms with Crippen molar-refractivity contribution in [2.75, 3.05) is 6.54 Å². The molecule has 0 aliphatic carbocycles. The largest absolute Gasteiger partial charge is 0.506 e. The van der Waals surface area contributed by atoms with E-state index in [9.17, 15) is 30.1 Å². The van der Waals surface area contributed by atoms with Crippen LogP contribution < -0.4 is 0 Å². The quantitative estimate of drug-likeness (QED) is 0.142. The van der Waals surface area contributed by atoms with Crippen LogP contribution in [-0.2, 0) is 11.2 Å². The lowest BCUT2D eigenvalue weighted by Gasteiger charge is -2.15. The number of rotatable bonds is 7. The fraction of sp³-hybridized carbons (Fsp3) is 0.0769. The molecule has 4 aromatic rings. The molecule has 1 aliphatic rings. The van der Waals surface area contributed by atoms with E-state index in [4.69, 9.17) is 0 Å². The normalized spacial score (nSPS) is 15.5. The van der Waals surface area contributed by atoms with Gasteiger partial charge in [-0.3, -0.25) is 29.9 Å². The first-order valence-corrected chi connectivity index (χ1v) is 13.1. The van der Waals surface area contributed by atoms with Crippen LogP contribution in [0, 0.1) is 20.2 Å². The predicted molar refractivity (Wildman–Crippen MR) is 152 cm³/mol. The number of halogens is 1. The molecule has 0 unspecified atom stereocenters. The minimum Gasteiger partial charge on any atom is -0.506 e. The summed E-state index contributed by atoms with van der Waals surface area (Å²) >= 11 is 4.17. The number of nitro benzene ring substituents is 2. The van der Waals surface area contributed by atoms with Crippen molar-refractivity contribution in [2.45, 2.75) is 6.42 Å². The number of hydrogen-bond acceptors (Lipinski definition) is 8. The molecule has 13 heteroatoms. The molecular formula is C26H18BrN5O6S. The lowest BCUT2D eigenvalue weighted by molar-refractivity contribution is -0.385. The number of hydrogen-bond donors (Lipinski definition) is 2. The van der Waals surface area contributed by atoms with Crippen LogP contribution in [0.3, 0.4) is 0 Å². The first-order valence-electron chi connectivity index (χ1n) is 11.5. The Balaban J connectivity index is 1.51. The second kappa shape index (κ2) is 10.7. The van der Waals surface area contributed by atoms with Crippen molar-refractivity contribution in [3.8, 4) is 5.75 Å².